The Hall–Kier alpha value is -6.38. The molecule has 0 saturated carbocycles. The average Bonchev–Trinajstić information content (AvgIpc) is 3.65. The summed E-state index contributed by atoms with van der Waals surface area (Å²) >= 11 is 0. The molecule has 2 nitrogen and oxygen atoms in total. The van der Waals surface area contributed by atoms with Crippen LogP contribution in [0.5, 0.6) is 0 Å². The fourth-order valence-electron chi connectivity index (χ4n) is 10.9. The van der Waals surface area contributed by atoms with E-state index < -0.39 is 5.54 Å². The number of hydrogen-bond acceptors (Lipinski definition) is 2. The Balaban J connectivity index is 1.10. The van der Waals surface area contributed by atoms with Crippen molar-refractivity contribution in [2.45, 2.75) is 44.6 Å². The molecule has 1 aromatic heterocycles. The highest BCUT2D eigenvalue weighted by Gasteiger charge is 2.60. The maximum absolute atomic E-state index is 7.14. The summed E-state index contributed by atoms with van der Waals surface area (Å²) in [6.07, 6.45) is 2.59. The van der Waals surface area contributed by atoms with Crippen molar-refractivity contribution in [2.24, 2.45) is 5.92 Å². The first kappa shape index (κ1) is 33.0. The molecule has 3 aliphatic rings. The monoisotopic (exact) mass is 721 g/mol. The van der Waals surface area contributed by atoms with Crippen LogP contribution in [0.1, 0.15) is 56.1 Å². The van der Waals surface area contributed by atoms with E-state index in [1.54, 1.807) is 0 Å². The van der Waals surface area contributed by atoms with Crippen molar-refractivity contribution in [3.05, 3.63) is 210 Å². The highest BCUT2D eigenvalue weighted by molar-refractivity contribution is 5.92. The first-order chi connectivity index (χ1) is 27.3. The second-order valence-electron chi connectivity index (χ2n) is 16.4. The smallest absolute Gasteiger partial charge is 0.139 e. The number of fused-ring (bicyclic) bond motifs is 7. The highest BCUT2D eigenvalue weighted by Crippen LogP contribution is 2.67. The third kappa shape index (κ3) is 4.56. The molecule has 0 amide bonds. The van der Waals surface area contributed by atoms with Gasteiger partial charge in [0.15, 0.2) is 0 Å². The first-order valence-corrected chi connectivity index (χ1v) is 20.0. The SMILES string of the molecule is CC1C(c2ccccc2)=CC2(C)C3=C1C(C)c1c(oc4ccccc14)C3(C)N(c1ccc(-c3cccc(-c4ccc5ccccc5c4)c3)cc1)c1ccccc12. The molecular weight excluding hydrogens is 679 g/mol. The van der Waals surface area contributed by atoms with Crippen LogP contribution in [0.2, 0.25) is 0 Å². The van der Waals surface area contributed by atoms with E-state index in [0.717, 1.165) is 17.0 Å². The maximum atomic E-state index is 7.14. The number of para-hydroxylation sites is 2. The molecule has 0 N–H and O–H groups in total. The second-order valence-corrected chi connectivity index (χ2v) is 16.4. The quantitative estimate of drug-likeness (QED) is 0.168. The Morgan fingerprint density at radius 2 is 1.18 bits per heavy atom. The third-order valence-electron chi connectivity index (χ3n) is 13.3. The van der Waals surface area contributed by atoms with Crippen molar-refractivity contribution in [2.75, 3.05) is 4.90 Å². The second kappa shape index (κ2) is 12.1. The summed E-state index contributed by atoms with van der Waals surface area (Å²) < 4.78 is 7.14. The van der Waals surface area contributed by atoms with Crippen LogP contribution in [0.25, 0.3) is 49.6 Å². The predicted molar refractivity (Wildman–Crippen MR) is 233 cm³/mol. The van der Waals surface area contributed by atoms with Gasteiger partial charge in [-0.1, -0.05) is 159 Å². The van der Waals surface area contributed by atoms with Gasteiger partial charge in [-0.3, -0.25) is 0 Å². The number of anilines is 2. The van der Waals surface area contributed by atoms with E-state index in [2.05, 4.69) is 209 Å². The van der Waals surface area contributed by atoms with Crippen molar-refractivity contribution in [1.82, 2.24) is 0 Å². The van der Waals surface area contributed by atoms with Gasteiger partial charge in [-0.25, -0.2) is 0 Å². The molecular formula is C54H43NO. The van der Waals surface area contributed by atoms with Gasteiger partial charge in [0.1, 0.15) is 16.9 Å². The fourth-order valence-corrected chi connectivity index (χ4v) is 10.9. The zero-order valence-corrected chi connectivity index (χ0v) is 32.3. The average molecular weight is 722 g/mol. The van der Waals surface area contributed by atoms with Gasteiger partial charge < -0.3 is 9.32 Å². The van der Waals surface area contributed by atoms with Gasteiger partial charge in [0.05, 0.1) is 0 Å². The van der Waals surface area contributed by atoms with Crippen molar-refractivity contribution >= 4 is 38.7 Å². The lowest BCUT2D eigenvalue weighted by atomic mass is 9.52. The molecule has 56 heavy (non-hydrogen) atoms. The maximum Gasteiger partial charge on any atom is 0.139 e. The van der Waals surface area contributed by atoms with Crippen LogP contribution in [0.3, 0.4) is 0 Å². The van der Waals surface area contributed by atoms with Crippen molar-refractivity contribution in [1.29, 1.82) is 0 Å². The van der Waals surface area contributed by atoms with Crippen molar-refractivity contribution in [3.63, 3.8) is 0 Å². The summed E-state index contributed by atoms with van der Waals surface area (Å²) in [5, 5.41) is 3.73. The van der Waals surface area contributed by atoms with E-state index in [9.17, 15) is 0 Å². The molecule has 0 radical (unpaired) electrons. The molecule has 0 fully saturated rings. The molecule has 2 aliphatic carbocycles. The number of benzene rings is 7. The minimum Gasteiger partial charge on any atom is -0.458 e. The predicted octanol–water partition coefficient (Wildman–Crippen LogP) is 14.4. The highest BCUT2D eigenvalue weighted by atomic mass is 16.3. The lowest BCUT2D eigenvalue weighted by Gasteiger charge is -2.59. The topological polar surface area (TPSA) is 16.4 Å². The molecule has 2 heterocycles. The zero-order chi connectivity index (χ0) is 37.8. The summed E-state index contributed by atoms with van der Waals surface area (Å²) in [6.45, 7) is 9.73. The molecule has 11 rings (SSSR count). The standard InChI is InChI=1S/C54H43NO/c1-34-45(38-16-6-5-7-17-38)33-53(3)46-22-11-12-23-47(46)55(54(4)51(53)49(34)35(2)50-44-21-10-13-24-48(44)56-52(50)54)43-29-27-37(28-30-43)40-19-14-20-41(31-40)42-26-25-36-15-8-9-18-39(36)32-42/h5-35H,1-4H3. The van der Waals surface area contributed by atoms with Crippen LogP contribution in [0.4, 0.5) is 11.4 Å². The van der Waals surface area contributed by atoms with E-state index in [4.69, 9.17) is 4.42 Å². The Bertz CT molecular complexity index is 2930. The van der Waals surface area contributed by atoms with E-state index in [-0.39, 0.29) is 17.3 Å². The van der Waals surface area contributed by atoms with Crippen LogP contribution < -0.4 is 4.90 Å². The summed E-state index contributed by atoms with van der Waals surface area (Å²) in [5.41, 5.74) is 15.5. The number of rotatable bonds is 4. The van der Waals surface area contributed by atoms with Gasteiger partial charge >= 0.3 is 0 Å². The first-order valence-electron chi connectivity index (χ1n) is 20.0. The van der Waals surface area contributed by atoms with Crippen LogP contribution in [-0.4, -0.2) is 0 Å². The number of allylic oxidation sites excluding steroid dienone is 3. The Labute approximate surface area is 329 Å². The van der Waals surface area contributed by atoms with E-state index >= 15 is 0 Å². The molecule has 270 valence electrons. The lowest BCUT2D eigenvalue weighted by molar-refractivity contribution is 0.348. The molecule has 0 saturated heterocycles. The minimum absolute atomic E-state index is 0.183. The third-order valence-corrected chi connectivity index (χ3v) is 13.3. The zero-order valence-electron chi connectivity index (χ0n) is 32.3. The molecule has 4 atom stereocenters. The van der Waals surface area contributed by atoms with Gasteiger partial charge in [0.2, 0.25) is 0 Å². The van der Waals surface area contributed by atoms with Crippen LogP contribution in [0.15, 0.2) is 191 Å². The van der Waals surface area contributed by atoms with Gasteiger partial charge in [0.25, 0.3) is 0 Å². The molecule has 4 unspecified atom stereocenters. The summed E-state index contributed by atoms with van der Waals surface area (Å²) in [4.78, 5) is 2.59. The molecule has 2 heteroatoms. The van der Waals surface area contributed by atoms with Crippen molar-refractivity contribution in [3.8, 4) is 22.3 Å². The normalized spacial score (nSPS) is 22.4. The minimum atomic E-state index is -0.593. The molecule has 7 aromatic carbocycles. The largest absolute Gasteiger partial charge is 0.458 e. The van der Waals surface area contributed by atoms with Crippen LogP contribution >= 0.6 is 0 Å². The molecule has 1 aliphatic heterocycles. The fraction of sp³-hybridized carbons (Fsp3) is 0.148. The Kier molecular flexibility index (Phi) is 7.11. The van der Waals surface area contributed by atoms with Crippen LogP contribution in [0, 0.1) is 5.92 Å². The molecule has 0 bridgehead atoms. The molecule has 8 aromatic rings. The van der Waals surface area contributed by atoms with Gasteiger partial charge in [-0.15, -0.1) is 0 Å². The van der Waals surface area contributed by atoms with E-state index in [1.165, 1.54) is 77.5 Å². The number of nitrogens with zero attached hydrogens (tertiary/aromatic N) is 1. The van der Waals surface area contributed by atoms with Gasteiger partial charge in [0, 0.05) is 39.6 Å². The Morgan fingerprint density at radius 3 is 2.00 bits per heavy atom. The number of furan rings is 1. The van der Waals surface area contributed by atoms with E-state index in [0.29, 0.717) is 0 Å². The lowest BCUT2D eigenvalue weighted by Crippen LogP contribution is -2.56. The van der Waals surface area contributed by atoms with Gasteiger partial charge in [-0.2, -0.15) is 0 Å². The number of hydrogen-bond donors (Lipinski definition) is 0. The summed E-state index contributed by atoms with van der Waals surface area (Å²) in [5.74, 6) is 1.46. The van der Waals surface area contributed by atoms with Crippen LogP contribution in [-0.2, 0) is 11.0 Å². The summed E-state index contributed by atoms with van der Waals surface area (Å²) in [6, 6.07) is 62.3. The van der Waals surface area contributed by atoms with E-state index in [1.807, 2.05) is 0 Å². The summed E-state index contributed by atoms with van der Waals surface area (Å²) in [7, 11) is 0. The molecule has 0 spiro atoms. The van der Waals surface area contributed by atoms with Crippen molar-refractivity contribution < 1.29 is 4.42 Å². The Morgan fingerprint density at radius 1 is 0.536 bits per heavy atom. The van der Waals surface area contributed by atoms with Gasteiger partial charge in [-0.05, 0) is 106 Å².